The van der Waals surface area contributed by atoms with Gasteiger partial charge in [0.15, 0.2) is 0 Å². The molecule has 0 rings (SSSR count). The largest absolute Gasteiger partial charge is 0.211 e. The van der Waals surface area contributed by atoms with Crippen molar-refractivity contribution in [2.45, 2.75) is 26.7 Å². The predicted molar refractivity (Wildman–Crippen MR) is 37.6 cm³/mol. The van der Waals surface area contributed by atoms with E-state index >= 15 is 0 Å². The highest BCUT2D eigenvalue weighted by Crippen LogP contribution is 2.18. The molecule has 0 aliphatic rings. The Balaban J connectivity index is 3.83. The summed E-state index contributed by atoms with van der Waals surface area (Å²) in [4.78, 5) is 0. The number of allylic oxidation sites excluding steroid dienone is 2. The van der Waals surface area contributed by atoms with Crippen LogP contribution in [0.3, 0.4) is 0 Å². The molecule has 0 fully saturated rings. The normalized spacial score (nSPS) is 13.5. The molecule has 0 aliphatic heterocycles. The molecule has 0 bridgehead atoms. The van der Waals surface area contributed by atoms with Crippen molar-refractivity contribution in [1.82, 2.24) is 0 Å². The molecule has 48 valence electrons. The first-order chi connectivity index (χ1) is 3.72. The standard InChI is InChI=1S/C6H10BrF/c1-3-5(7)6(8)4-2/h3-4H2,1-2H3. The summed E-state index contributed by atoms with van der Waals surface area (Å²) in [7, 11) is 0. The Morgan fingerprint density at radius 3 is 2.00 bits per heavy atom. The van der Waals surface area contributed by atoms with Crippen LogP contribution in [-0.2, 0) is 0 Å². The molecule has 0 saturated carbocycles. The number of rotatable bonds is 2. The second-order valence-corrected chi connectivity index (χ2v) is 2.47. The van der Waals surface area contributed by atoms with Crippen LogP contribution in [0.2, 0.25) is 0 Å². The molecular formula is C6H10BrF. The molecule has 0 aromatic heterocycles. The quantitative estimate of drug-likeness (QED) is 0.612. The van der Waals surface area contributed by atoms with E-state index < -0.39 is 0 Å². The lowest BCUT2D eigenvalue weighted by atomic mass is 10.3. The van der Waals surface area contributed by atoms with Crippen LogP contribution >= 0.6 is 15.9 Å². The van der Waals surface area contributed by atoms with Gasteiger partial charge in [0.1, 0.15) is 5.83 Å². The molecule has 0 aromatic rings. The fourth-order valence-corrected chi connectivity index (χ4v) is 0.664. The second kappa shape index (κ2) is 4.07. The summed E-state index contributed by atoms with van der Waals surface area (Å²) < 4.78 is 13.1. The van der Waals surface area contributed by atoms with Gasteiger partial charge in [0.2, 0.25) is 0 Å². The monoisotopic (exact) mass is 180 g/mol. The van der Waals surface area contributed by atoms with E-state index in [0.29, 0.717) is 10.9 Å². The van der Waals surface area contributed by atoms with Crippen molar-refractivity contribution in [3.8, 4) is 0 Å². The third-order valence-electron chi connectivity index (χ3n) is 0.915. The molecule has 0 spiro atoms. The summed E-state index contributed by atoms with van der Waals surface area (Å²) in [6.45, 7) is 3.71. The maximum atomic E-state index is 12.4. The minimum atomic E-state index is -0.0347. The SMILES string of the molecule is CCC(F)=C(Br)CC. The smallest absolute Gasteiger partial charge is 0.110 e. The highest BCUT2D eigenvalue weighted by atomic mass is 79.9. The molecule has 0 unspecified atom stereocenters. The van der Waals surface area contributed by atoms with Gasteiger partial charge in [-0.1, -0.05) is 29.8 Å². The third kappa shape index (κ3) is 2.46. The van der Waals surface area contributed by atoms with Crippen LogP contribution < -0.4 is 0 Å². The van der Waals surface area contributed by atoms with E-state index in [2.05, 4.69) is 15.9 Å². The van der Waals surface area contributed by atoms with Crippen molar-refractivity contribution in [2.75, 3.05) is 0 Å². The summed E-state index contributed by atoms with van der Waals surface area (Å²) in [5.74, 6) is -0.0347. The van der Waals surface area contributed by atoms with Crippen molar-refractivity contribution in [3.05, 3.63) is 10.3 Å². The lowest BCUT2D eigenvalue weighted by molar-refractivity contribution is 0.597. The summed E-state index contributed by atoms with van der Waals surface area (Å²) in [5, 5.41) is 0. The Bertz CT molecular complexity index is 84.7. The highest BCUT2D eigenvalue weighted by Gasteiger charge is 1.95. The van der Waals surface area contributed by atoms with Gasteiger partial charge in [-0.05, 0) is 12.8 Å². The van der Waals surface area contributed by atoms with Gasteiger partial charge in [0.25, 0.3) is 0 Å². The molecule has 8 heavy (non-hydrogen) atoms. The molecule has 2 heteroatoms. The van der Waals surface area contributed by atoms with Crippen LogP contribution in [0.1, 0.15) is 26.7 Å². The van der Waals surface area contributed by atoms with E-state index in [0.717, 1.165) is 6.42 Å². The zero-order valence-corrected chi connectivity index (χ0v) is 6.76. The molecule has 0 aromatic carbocycles. The van der Waals surface area contributed by atoms with E-state index in [1.54, 1.807) is 6.92 Å². The first-order valence-electron chi connectivity index (χ1n) is 2.75. The van der Waals surface area contributed by atoms with Crippen LogP contribution in [0.25, 0.3) is 0 Å². The van der Waals surface area contributed by atoms with Gasteiger partial charge in [0.05, 0.1) is 0 Å². The van der Waals surface area contributed by atoms with Crippen molar-refractivity contribution in [1.29, 1.82) is 0 Å². The molecule has 0 atom stereocenters. The van der Waals surface area contributed by atoms with Crippen LogP contribution in [0.5, 0.6) is 0 Å². The Labute approximate surface area is 57.9 Å². The van der Waals surface area contributed by atoms with E-state index in [1.807, 2.05) is 6.92 Å². The van der Waals surface area contributed by atoms with Gasteiger partial charge in [-0.2, -0.15) is 0 Å². The van der Waals surface area contributed by atoms with Crippen molar-refractivity contribution < 1.29 is 4.39 Å². The van der Waals surface area contributed by atoms with Crippen molar-refractivity contribution >= 4 is 15.9 Å². The van der Waals surface area contributed by atoms with Crippen molar-refractivity contribution in [3.63, 3.8) is 0 Å². The fraction of sp³-hybridized carbons (Fsp3) is 0.667. The molecule has 0 heterocycles. The van der Waals surface area contributed by atoms with E-state index in [1.165, 1.54) is 0 Å². The topological polar surface area (TPSA) is 0 Å². The molecule has 0 radical (unpaired) electrons. The maximum absolute atomic E-state index is 12.4. The first-order valence-corrected chi connectivity index (χ1v) is 3.54. The van der Waals surface area contributed by atoms with E-state index in [-0.39, 0.29) is 5.83 Å². The minimum Gasteiger partial charge on any atom is -0.211 e. The summed E-state index contributed by atoms with van der Waals surface area (Å²) >= 11 is 3.11. The number of hydrogen-bond acceptors (Lipinski definition) is 0. The maximum Gasteiger partial charge on any atom is 0.110 e. The van der Waals surface area contributed by atoms with Crippen LogP contribution in [0.15, 0.2) is 10.3 Å². The zero-order chi connectivity index (χ0) is 6.57. The van der Waals surface area contributed by atoms with E-state index in [4.69, 9.17) is 0 Å². The predicted octanol–water partition coefficient (Wildman–Crippen LogP) is 3.38. The van der Waals surface area contributed by atoms with Crippen LogP contribution in [0, 0.1) is 0 Å². The Hall–Kier alpha value is 0.150. The fourth-order valence-electron chi connectivity index (χ4n) is 0.384. The molecular weight excluding hydrogens is 171 g/mol. The third-order valence-corrected chi connectivity index (χ3v) is 1.91. The lowest BCUT2D eigenvalue weighted by Gasteiger charge is -1.92. The summed E-state index contributed by atoms with van der Waals surface area (Å²) in [6, 6.07) is 0. The van der Waals surface area contributed by atoms with Gasteiger partial charge in [0, 0.05) is 4.48 Å². The van der Waals surface area contributed by atoms with Gasteiger partial charge in [-0.25, -0.2) is 4.39 Å². The van der Waals surface area contributed by atoms with E-state index in [9.17, 15) is 4.39 Å². The van der Waals surface area contributed by atoms with Gasteiger partial charge in [-0.3, -0.25) is 0 Å². The number of hydrogen-bond donors (Lipinski definition) is 0. The van der Waals surface area contributed by atoms with Gasteiger partial charge in [-0.15, -0.1) is 0 Å². The number of halogens is 2. The van der Waals surface area contributed by atoms with Gasteiger partial charge < -0.3 is 0 Å². The summed E-state index contributed by atoms with van der Waals surface area (Å²) in [5.41, 5.74) is 0. The molecule has 0 nitrogen and oxygen atoms in total. The van der Waals surface area contributed by atoms with Crippen molar-refractivity contribution in [2.24, 2.45) is 0 Å². The molecule has 0 aliphatic carbocycles. The molecule has 0 saturated heterocycles. The Morgan fingerprint density at radius 1 is 1.38 bits per heavy atom. The first kappa shape index (κ1) is 8.15. The minimum absolute atomic E-state index is 0.0347. The zero-order valence-electron chi connectivity index (χ0n) is 5.17. The molecule has 0 N–H and O–H groups in total. The average molecular weight is 181 g/mol. The average Bonchev–Trinajstić information content (AvgIpc) is 1.84. The van der Waals surface area contributed by atoms with Crippen LogP contribution in [0.4, 0.5) is 4.39 Å². The van der Waals surface area contributed by atoms with Gasteiger partial charge >= 0.3 is 0 Å². The Morgan fingerprint density at radius 2 is 1.88 bits per heavy atom. The second-order valence-electron chi connectivity index (χ2n) is 1.52. The lowest BCUT2D eigenvalue weighted by Crippen LogP contribution is -1.73. The van der Waals surface area contributed by atoms with Crippen LogP contribution in [-0.4, -0.2) is 0 Å². The Kier molecular flexibility index (Phi) is 4.15. The highest BCUT2D eigenvalue weighted by molar-refractivity contribution is 9.11. The molecule has 0 amide bonds. The summed E-state index contributed by atoms with van der Waals surface area (Å²) in [6.07, 6.45) is 1.24.